The first-order valence-corrected chi connectivity index (χ1v) is 10.7. The Morgan fingerprint density at radius 3 is 2.84 bits per heavy atom. The topological polar surface area (TPSA) is 84.6 Å². The predicted octanol–water partition coefficient (Wildman–Crippen LogP) is 3.72. The van der Waals surface area contributed by atoms with Crippen molar-refractivity contribution in [3.63, 3.8) is 0 Å². The van der Waals surface area contributed by atoms with E-state index in [0.29, 0.717) is 17.3 Å². The number of methoxy groups -OCH3 is 1. The molecule has 0 aromatic carbocycles. The molecular weight excluding hydrogens is 404 g/mol. The van der Waals surface area contributed by atoms with Gasteiger partial charge in [0.15, 0.2) is 5.69 Å². The van der Waals surface area contributed by atoms with Gasteiger partial charge < -0.3 is 14.5 Å². The number of aromatic nitrogens is 4. The van der Waals surface area contributed by atoms with E-state index in [1.807, 2.05) is 53.2 Å². The van der Waals surface area contributed by atoms with Crippen LogP contribution in [0.3, 0.4) is 0 Å². The van der Waals surface area contributed by atoms with E-state index in [4.69, 9.17) is 9.72 Å². The minimum absolute atomic E-state index is 0.112. The van der Waals surface area contributed by atoms with Crippen LogP contribution in [0.5, 0.6) is 5.88 Å². The van der Waals surface area contributed by atoms with Crippen LogP contribution >= 0.6 is 0 Å². The van der Waals surface area contributed by atoms with Crippen molar-refractivity contribution in [2.45, 2.75) is 25.4 Å². The molecule has 0 saturated carbocycles. The summed E-state index contributed by atoms with van der Waals surface area (Å²) >= 11 is 0. The van der Waals surface area contributed by atoms with Crippen LogP contribution in [0, 0.1) is 0 Å². The maximum Gasteiger partial charge on any atom is 0.276 e. The van der Waals surface area contributed by atoms with E-state index in [1.165, 1.54) is 7.11 Å². The van der Waals surface area contributed by atoms with Crippen molar-refractivity contribution in [3.8, 4) is 5.88 Å². The molecule has 8 heteroatoms. The molecule has 32 heavy (non-hydrogen) atoms. The summed E-state index contributed by atoms with van der Waals surface area (Å²) < 4.78 is 7.29. The Bertz CT molecular complexity index is 1240. The van der Waals surface area contributed by atoms with E-state index in [9.17, 15) is 4.79 Å². The van der Waals surface area contributed by atoms with E-state index >= 15 is 0 Å². The molecule has 0 aliphatic carbocycles. The largest absolute Gasteiger partial charge is 0.480 e. The summed E-state index contributed by atoms with van der Waals surface area (Å²) in [6.07, 6.45) is 7.47. The molecular formula is C24H24N6O2. The number of hydrogen-bond acceptors (Lipinski definition) is 6. The summed E-state index contributed by atoms with van der Waals surface area (Å²) in [4.78, 5) is 29.1. The third kappa shape index (κ3) is 3.80. The minimum atomic E-state index is -0.291. The Morgan fingerprint density at radius 2 is 2.00 bits per heavy atom. The lowest BCUT2D eigenvalue weighted by Crippen LogP contribution is -2.25. The van der Waals surface area contributed by atoms with E-state index in [-0.39, 0.29) is 11.9 Å². The molecule has 5 heterocycles. The summed E-state index contributed by atoms with van der Waals surface area (Å²) in [7, 11) is 1.53. The Labute approximate surface area is 185 Å². The lowest BCUT2D eigenvalue weighted by Gasteiger charge is -2.23. The summed E-state index contributed by atoms with van der Waals surface area (Å²) in [5, 5.41) is 2.90. The summed E-state index contributed by atoms with van der Waals surface area (Å²) in [6, 6.07) is 15.4. The van der Waals surface area contributed by atoms with Gasteiger partial charge in [-0.1, -0.05) is 12.1 Å². The standard InChI is InChI=1S/C24H24N6O2/c1-32-24-18(9-6-13-26-24)27-23(31)21-19-10-3-5-15-30(19)22(28-21)20-11-7-14-29(20)16-17-8-2-4-12-25-17/h2-6,8-10,12-13,15,20H,7,11,14,16H2,1H3,(H,27,31)/t20-/m0/s1. The van der Waals surface area contributed by atoms with Crippen molar-refractivity contribution < 1.29 is 9.53 Å². The first kappa shape index (κ1) is 20.1. The molecule has 1 saturated heterocycles. The molecule has 4 aromatic rings. The van der Waals surface area contributed by atoms with E-state index in [1.54, 1.807) is 18.3 Å². The molecule has 0 radical (unpaired) electrons. The number of nitrogens with one attached hydrogen (secondary N) is 1. The molecule has 1 fully saturated rings. The van der Waals surface area contributed by atoms with Gasteiger partial charge in [-0.05, 0) is 55.8 Å². The third-order valence-corrected chi connectivity index (χ3v) is 5.76. The van der Waals surface area contributed by atoms with Gasteiger partial charge in [0.1, 0.15) is 11.5 Å². The van der Waals surface area contributed by atoms with E-state index in [2.05, 4.69) is 20.2 Å². The van der Waals surface area contributed by atoms with Gasteiger partial charge in [-0.3, -0.25) is 14.7 Å². The van der Waals surface area contributed by atoms with Crippen molar-refractivity contribution in [3.05, 3.63) is 84.3 Å². The van der Waals surface area contributed by atoms with Crippen LogP contribution in [0.4, 0.5) is 5.69 Å². The number of fused-ring (bicyclic) bond motifs is 1. The number of carbonyl (C=O) groups excluding carboxylic acids is 1. The van der Waals surface area contributed by atoms with E-state index < -0.39 is 0 Å². The number of pyridine rings is 3. The monoisotopic (exact) mass is 428 g/mol. The van der Waals surface area contributed by atoms with Gasteiger partial charge in [0.05, 0.1) is 24.4 Å². The maximum absolute atomic E-state index is 13.2. The van der Waals surface area contributed by atoms with Crippen LogP contribution in [-0.4, -0.2) is 43.8 Å². The van der Waals surface area contributed by atoms with E-state index in [0.717, 1.165) is 43.0 Å². The van der Waals surface area contributed by atoms with Crippen LogP contribution < -0.4 is 10.1 Å². The van der Waals surface area contributed by atoms with Gasteiger partial charge in [-0.2, -0.15) is 0 Å². The van der Waals surface area contributed by atoms with Gasteiger partial charge in [0, 0.05) is 25.1 Å². The van der Waals surface area contributed by atoms with Crippen LogP contribution in [0.1, 0.15) is 40.9 Å². The minimum Gasteiger partial charge on any atom is -0.480 e. The normalized spacial score (nSPS) is 16.3. The smallest absolute Gasteiger partial charge is 0.276 e. The average Bonchev–Trinajstić information content (AvgIpc) is 3.44. The van der Waals surface area contributed by atoms with Gasteiger partial charge in [0.25, 0.3) is 5.91 Å². The average molecular weight is 428 g/mol. The lowest BCUT2D eigenvalue weighted by atomic mass is 10.2. The van der Waals surface area contributed by atoms with Crippen molar-refractivity contribution in [2.24, 2.45) is 0 Å². The molecule has 4 aromatic heterocycles. The molecule has 5 rings (SSSR count). The van der Waals surface area contributed by atoms with Crippen molar-refractivity contribution in [1.29, 1.82) is 0 Å². The number of rotatable bonds is 6. The predicted molar refractivity (Wildman–Crippen MR) is 121 cm³/mol. The van der Waals surface area contributed by atoms with Gasteiger partial charge >= 0.3 is 0 Å². The molecule has 1 aliphatic heterocycles. The number of anilines is 1. The number of nitrogens with zero attached hydrogens (tertiary/aromatic N) is 5. The molecule has 1 N–H and O–H groups in total. The van der Waals surface area contributed by atoms with Crippen LogP contribution in [0.15, 0.2) is 67.1 Å². The molecule has 0 spiro atoms. The van der Waals surface area contributed by atoms with Gasteiger partial charge in [-0.15, -0.1) is 0 Å². The highest BCUT2D eigenvalue weighted by molar-refractivity contribution is 6.08. The SMILES string of the molecule is COc1ncccc1NC(=O)c1nc([C@@H]2CCCN2Cc2ccccn2)n2ccccc12. The summed E-state index contributed by atoms with van der Waals surface area (Å²) in [6.45, 7) is 1.72. The van der Waals surface area contributed by atoms with Crippen LogP contribution in [0.25, 0.3) is 5.52 Å². The van der Waals surface area contributed by atoms with Gasteiger partial charge in [-0.25, -0.2) is 9.97 Å². The zero-order valence-corrected chi connectivity index (χ0v) is 17.8. The number of carbonyl (C=O) groups is 1. The summed E-state index contributed by atoms with van der Waals surface area (Å²) in [5.41, 5.74) is 2.70. The quantitative estimate of drug-likeness (QED) is 0.504. The second-order valence-electron chi connectivity index (χ2n) is 7.74. The first-order chi connectivity index (χ1) is 15.7. The molecule has 1 amide bonds. The number of hydrogen-bond donors (Lipinski definition) is 1. The Kier molecular flexibility index (Phi) is 5.51. The second-order valence-corrected chi connectivity index (χ2v) is 7.74. The molecule has 0 bridgehead atoms. The third-order valence-electron chi connectivity index (χ3n) is 5.76. The Balaban J connectivity index is 1.48. The number of ether oxygens (including phenoxy) is 1. The number of amides is 1. The fourth-order valence-electron chi connectivity index (χ4n) is 4.30. The van der Waals surface area contributed by atoms with Crippen molar-refractivity contribution in [1.82, 2.24) is 24.3 Å². The maximum atomic E-state index is 13.2. The fraction of sp³-hybridized carbons (Fsp3) is 0.250. The second kappa shape index (κ2) is 8.76. The Morgan fingerprint density at radius 1 is 1.12 bits per heavy atom. The molecule has 162 valence electrons. The summed E-state index contributed by atoms with van der Waals surface area (Å²) in [5.74, 6) is 0.944. The Hall–Kier alpha value is -3.78. The molecule has 0 unspecified atom stereocenters. The molecule has 8 nitrogen and oxygen atoms in total. The molecule has 1 atom stereocenters. The highest BCUT2D eigenvalue weighted by atomic mass is 16.5. The highest BCUT2D eigenvalue weighted by Crippen LogP contribution is 2.34. The first-order valence-electron chi connectivity index (χ1n) is 10.7. The zero-order chi connectivity index (χ0) is 21.9. The van der Waals surface area contributed by atoms with Gasteiger partial charge in [0.2, 0.25) is 5.88 Å². The van der Waals surface area contributed by atoms with Crippen LogP contribution in [0.2, 0.25) is 0 Å². The molecule has 1 aliphatic rings. The van der Waals surface area contributed by atoms with Crippen LogP contribution in [-0.2, 0) is 6.54 Å². The lowest BCUT2D eigenvalue weighted by molar-refractivity contribution is 0.102. The fourth-order valence-corrected chi connectivity index (χ4v) is 4.30. The number of imidazole rings is 1. The number of likely N-dealkylation sites (tertiary alicyclic amines) is 1. The van der Waals surface area contributed by atoms with Crippen molar-refractivity contribution in [2.75, 3.05) is 19.0 Å². The zero-order valence-electron chi connectivity index (χ0n) is 17.8. The van der Waals surface area contributed by atoms with Crippen molar-refractivity contribution >= 4 is 17.1 Å². The highest BCUT2D eigenvalue weighted by Gasteiger charge is 2.31.